The van der Waals surface area contributed by atoms with Gasteiger partial charge in [0.2, 0.25) is 0 Å². The van der Waals surface area contributed by atoms with Crippen molar-refractivity contribution >= 4 is 5.69 Å². The molecule has 1 aromatic carbocycles. The molecule has 3 nitrogen and oxygen atoms in total. The van der Waals surface area contributed by atoms with Gasteiger partial charge in [-0.15, -0.1) is 0 Å². The Bertz CT molecular complexity index is 543. The Kier molecular flexibility index (Phi) is 3.10. The highest BCUT2D eigenvalue weighted by Crippen LogP contribution is 2.21. The van der Waals surface area contributed by atoms with Crippen molar-refractivity contribution in [3.63, 3.8) is 0 Å². The first-order valence-electron chi connectivity index (χ1n) is 5.19. The molecule has 0 aliphatic carbocycles. The molecule has 86 valence electrons. The van der Waals surface area contributed by atoms with Crippen LogP contribution in [0.3, 0.4) is 0 Å². The minimum atomic E-state index is -0.506. The normalized spacial score (nSPS) is 11.8. The lowest BCUT2D eigenvalue weighted by Gasteiger charge is -2.13. The van der Waals surface area contributed by atoms with Gasteiger partial charge in [-0.3, -0.25) is 0 Å². The van der Waals surface area contributed by atoms with E-state index in [9.17, 15) is 4.39 Å². The molecule has 0 saturated heterocycles. The van der Waals surface area contributed by atoms with Gasteiger partial charge in [0.25, 0.3) is 0 Å². The molecule has 0 bridgehead atoms. The van der Waals surface area contributed by atoms with Gasteiger partial charge in [0.15, 0.2) is 0 Å². The van der Waals surface area contributed by atoms with Crippen LogP contribution in [0.4, 0.5) is 10.1 Å². The molecule has 1 aromatic heterocycles. The lowest BCUT2D eigenvalue weighted by atomic mass is 10.1. The van der Waals surface area contributed by atoms with E-state index < -0.39 is 5.82 Å². The van der Waals surface area contributed by atoms with Crippen LogP contribution in [-0.4, -0.2) is 0 Å². The second-order valence-electron chi connectivity index (χ2n) is 3.73. The summed E-state index contributed by atoms with van der Waals surface area (Å²) < 4.78 is 18.1. The number of hydrogen-bond acceptors (Lipinski definition) is 3. The summed E-state index contributed by atoms with van der Waals surface area (Å²) in [5.74, 6) is -0.506. The molecule has 0 aliphatic heterocycles. The summed E-state index contributed by atoms with van der Waals surface area (Å²) in [5.41, 5.74) is 1.74. The van der Waals surface area contributed by atoms with Crippen molar-refractivity contribution in [1.82, 2.24) is 0 Å². The summed E-state index contributed by atoms with van der Waals surface area (Å²) in [6.07, 6.45) is 3.24. The van der Waals surface area contributed by atoms with Crippen LogP contribution in [0.15, 0.2) is 41.2 Å². The molecule has 0 aliphatic rings. The fourth-order valence-corrected chi connectivity index (χ4v) is 1.56. The Balaban J connectivity index is 2.17. The third-order valence-corrected chi connectivity index (χ3v) is 2.51. The number of benzene rings is 1. The zero-order valence-corrected chi connectivity index (χ0v) is 9.27. The first-order chi connectivity index (χ1) is 8.20. The number of nitriles is 1. The summed E-state index contributed by atoms with van der Waals surface area (Å²) in [7, 11) is 0. The summed E-state index contributed by atoms with van der Waals surface area (Å²) in [4.78, 5) is 0. The maximum atomic E-state index is 13.1. The second-order valence-corrected chi connectivity index (χ2v) is 3.73. The number of nitrogens with one attached hydrogen (secondary N) is 1. The molecule has 1 unspecified atom stereocenters. The monoisotopic (exact) mass is 230 g/mol. The van der Waals surface area contributed by atoms with Gasteiger partial charge in [-0.05, 0) is 31.2 Å². The lowest BCUT2D eigenvalue weighted by molar-refractivity contribution is 0.562. The molecule has 1 atom stereocenters. The van der Waals surface area contributed by atoms with E-state index in [4.69, 9.17) is 9.68 Å². The van der Waals surface area contributed by atoms with Crippen LogP contribution >= 0.6 is 0 Å². The van der Waals surface area contributed by atoms with E-state index >= 15 is 0 Å². The smallest absolute Gasteiger partial charge is 0.141 e. The van der Waals surface area contributed by atoms with Gasteiger partial charge in [0, 0.05) is 11.3 Å². The van der Waals surface area contributed by atoms with Crippen molar-refractivity contribution in [1.29, 1.82) is 5.26 Å². The number of hydrogen-bond donors (Lipinski definition) is 1. The van der Waals surface area contributed by atoms with Crippen molar-refractivity contribution in [2.45, 2.75) is 13.0 Å². The van der Waals surface area contributed by atoms with Gasteiger partial charge < -0.3 is 9.73 Å². The number of halogens is 1. The van der Waals surface area contributed by atoms with E-state index in [1.165, 1.54) is 12.1 Å². The molecule has 0 radical (unpaired) electrons. The van der Waals surface area contributed by atoms with Crippen molar-refractivity contribution in [3.05, 3.63) is 53.7 Å². The predicted octanol–water partition coefficient (Wildman–Crippen LogP) is 3.46. The third kappa shape index (κ3) is 2.45. The number of furan rings is 1. The molecule has 0 spiro atoms. The summed E-state index contributed by atoms with van der Waals surface area (Å²) in [5, 5.41) is 11.9. The van der Waals surface area contributed by atoms with Gasteiger partial charge in [-0.2, -0.15) is 5.26 Å². The second kappa shape index (κ2) is 4.71. The predicted molar refractivity (Wildman–Crippen MR) is 61.9 cm³/mol. The van der Waals surface area contributed by atoms with E-state index in [2.05, 4.69) is 5.32 Å². The highest BCUT2D eigenvalue weighted by atomic mass is 19.1. The topological polar surface area (TPSA) is 49.0 Å². The zero-order chi connectivity index (χ0) is 12.3. The van der Waals surface area contributed by atoms with Crippen molar-refractivity contribution < 1.29 is 8.81 Å². The fourth-order valence-electron chi connectivity index (χ4n) is 1.56. The molecule has 17 heavy (non-hydrogen) atoms. The number of rotatable bonds is 3. The van der Waals surface area contributed by atoms with E-state index in [1.807, 2.05) is 19.1 Å². The Labute approximate surface area is 98.5 Å². The average Bonchev–Trinajstić information content (AvgIpc) is 2.85. The fraction of sp³-hybridized carbons (Fsp3) is 0.154. The highest BCUT2D eigenvalue weighted by Gasteiger charge is 2.08. The van der Waals surface area contributed by atoms with Gasteiger partial charge in [-0.1, -0.05) is 0 Å². The van der Waals surface area contributed by atoms with Crippen LogP contribution in [0, 0.1) is 17.1 Å². The van der Waals surface area contributed by atoms with Crippen LogP contribution in [-0.2, 0) is 0 Å². The van der Waals surface area contributed by atoms with Gasteiger partial charge in [0.05, 0.1) is 24.1 Å². The lowest BCUT2D eigenvalue weighted by Crippen LogP contribution is -2.05. The Morgan fingerprint density at radius 2 is 2.24 bits per heavy atom. The Hall–Kier alpha value is -2.28. The van der Waals surface area contributed by atoms with Crippen molar-refractivity contribution in [2.24, 2.45) is 0 Å². The molecule has 0 amide bonds. The van der Waals surface area contributed by atoms with E-state index in [1.54, 1.807) is 18.6 Å². The highest BCUT2D eigenvalue weighted by molar-refractivity contribution is 5.51. The van der Waals surface area contributed by atoms with Crippen molar-refractivity contribution in [2.75, 3.05) is 5.32 Å². The van der Waals surface area contributed by atoms with Crippen LogP contribution in [0.25, 0.3) is 0 Å². The minimum absolute atomic E-state index is 0.0331. The summed E-state index contributed by atoms with van der Waals surface area (Å²) in [6.45, 7) is 1.96. The van der Waals surface area contributed by atoms with E-state index in [-0.39, 0.29) is 11.6 Å². The van der Waals surface area contributed by atoms with Crippen LogP contribution in [0.1, 0.15) is 24.1 Å². The molecule has 0 fully saturated rings. The zero-order valence-electron chi connectivity index (χ0n) is 9.27. The maximum absolute atomic E-state index is 13.1. The largest absolute Gasteiger partial charge is 0.472 e. The first-order valence-corrected chi connectivity index (χ1v) is 5.19. The minimum Gasteiger partial charge on any atom is -0.472 e. The van der Waals surface area contributed by atoms with E-state index in [0.717, 1.165) is 5.56 Å². The first kappa shape index (κ1) is 11.2. The maximum Gasteiger partial charge on any atom is 0.141 e. The third-order valence-electron chi connectivity index (χ3n) is 2.51. The van der Waals surface area contributed by atoms with Crippen LogP contribution in [0.2, 0.25) is 0 Å². The molecule has 2 aromatic rings. The molecule has 0 saturated carbocycles. The number of nitrogens with zero attached hydrogens (tertiary/aromatic N) is 1. The van der Waals surface area contributed by atoms with Crippen LogP contribution in [0.5, 0.6) is 0 Å². The quantitative estimate of drug-likeness (QED) is 0.878. The van der Waals surface area contributed by atoms with E-state index in [0.29, 0.717) is 5.69 Å². The average molecular weight is 230 g/mol. The van der Waals surface area contributed by atoms with Crippen LogP contribution < -0.4 is 5.32 Å². The Morgan fingerprint density at radius 1 is 1.41 bits per heavy atom. The van der Waals surface area contributed by atoms with Gasteiger partial charge in [0.1, 0.15) is 11.9 Å². The summed E-state index contributed by atoms with van der Waals surface area (Å²) >= 11 is 0. The molecule has 1 heterocycles. The van der Waals surface area contributed by atoms with Crippen molar-refractivity contribution in [3.8, 4) is 6.07 Å². The van der Waals surface area contributed by atoms with Gasteiger partial charge in [-0.25, -0.2) is 4.39 Å². The standard InChI is InChI=1S/C13H11FN2O/c1-9(10-4-5-17-8-10)16-12-2-3-13(14)11(6-12)7-15/h2-6,8-9,16H,1H3. The Morgan fingerprint density at radius 3 is 2.88 bits per heavy atom. The SMILES string of the molecule is CC(Nc1ccc(F)c(C#N)c1)c1ccoc1. The summed E-state index contributed by atoms with van der Waals surface area (Å²) in [6, 6.07) is 8.07. The molecule has 2 rings (SSSR count). The molecule has 1 N–H and O–H groups in total. The number of anilines is 1. The molecular formula is C13H11FN2O. The molecular weight excluding hydrogens is 219 g/mol. The molecule has 4 heteroatoms. The van der Waals surface area contributed by atoms with Gasteiger partial charge >= 0.3 is 0 Å².